The molecule has 0 spiro atoms. The van der Waals surface area contributed by atoms with Gasteiger partial charge in [-0.3, -0.25) is 4.79 Å². The van der Waals surface area contributed by atoms with Crippen molar-refractivity contribution in [2.45, 2.75) is 88.5 Å². The molecular weight excluding hydrogens is 604 g/mol. The molecule has 5 nitrogen and oxygen atoms in total. The van der Waals surface area contributed by atoms with Crippen LogP contribution >= 0.6 is 12.6 Å². The number of anilines is 1. The van der Waals surface area contributed by atoms with Crippen LogP contribution in [0.4, 0.5) is 23.2 Å². The SMILES string of the molecule is CC(S)CC(C(=O)O)c1cc(Oc2cc(F)cc(CCCCCCCCCC(F)(F)F)c2)cc(-c2ccc(NN(C)C)cc2)c1. The summed E-state index contributed by atoms with van der Waals surface area (Å²) in [6.45, 7) is 1.85. The van der Waals surface area contributed by atoms with Crippen molar-refractivity contribution in [1.29, 1.82) is 0 Å². The maximum absolute atomic E-state index is 14.6. The highest BCUT2D eigenvalue weighted by Crippen LogP contribution is 2.35. The van der Waals surface area contributed by atoms with E-state index in [1.54, 1.807) is 12.1 Å². The zero-order valence-electron chi connectivity index (χ0n) is 26.2. The number of thiol groups is 1. The third-order valence-corrected chi connectivity index (χ3v) is 7.58. The lowest BCUT2D eigenvalue weighted by molar-refractivity contribution is -0.139. The molecule has 0 heterocycles. The Morgan fingerprint density at radius 1 is 0.889 bits per heavy atom. The lowest BCUT2D eigenvalue weighted by Crippen LogP contribution is -2.19. The molecule has 10 heteroatoms. The number of alkyl halides is 3. The summed E-state index contributed by atoms with van der Waals surface area (Å²) >= 11 is 4.43. The maximum Gasteiger partial charge on any atom is 0.389 e. The number of nitrogens with zero attached hydrogens (tertiary/aromatic N) is 1. The summed E-state index contributed by atoms with van der Waals surface area (Å²) in [6, 6.07) is 17.7. The number of aryl methyl sites for hydroxylation is 1. The molecule has 0 saturated carbocycles. The molecule has 0 aliphatic rings. The van der Waals surface area contributed by atoms with E-state index in [2.05, 4.69) is 18.1 Å². The second kappa shape index (κ2) is 17.5. The minimum atomic E-state index is -4.08. The number of carbonyl (C=O) groups is 1. The largest absolute Gasteiger partial charge is 0.481 e. The van der Waals surface area contributed by atoms with Crippen molar-refractivity contribution in [2.75, 3.05) is 19.5 Å². The Morgan fingerprint density at radius 2 is 1.51 bits per heavy atom. The summed E-state index contributed by atoms with van der Waals surface area (Å²) in [6.07, 6.45) is 1.22. The molecule has 0 saturated heterocycles. The van der Waals surface area contributed by atoms with Crippen molar-refractivity contribution in [3.8, 4) is 22.6 Å². The van der Waals surface area contributed by atoms with Crippen molar-refractivity contribution >= 4 is 24.3 Å². The highest BCUT2D eigenvalue weighted by atomic mass is 32.1. The topological polar surface area (TPSA) is 61.8 Å². The van der Waals surface area contributed by atoms with Gasteiger partial charge in [-0.15, -0.1) is 0 Å². The molecule has 0 amide bonds. The van der Waals surface area contributed by atoms with Crippen LogP contribution in [0.2, 0.25) is 0 Å². The third-order valence-electron chi connectivity index (χ3n) is 7.37. The van der Waals surface area contributed by atoms with Crippen molar-refractivity contribution in [3.05, 3.63) is 77.6 Å². The molecule has 0 aliphatic carbocycles. The number of aliphatic carboxylic acids is 1. The van der Waals surface area contributed by atoms with Crippen molar-refractivity contribution in [2.24, 2.45) is 0 Å². The van der Waals surface area contributed by atoms with E-state index in [9.17, 15) is 27.5 Å². The highest BCUT2D eigenvalue weighted by molar-refractivity contribution is 7.80. The van der Waals surface area contributed by atoms with Crippen molar-refractivity contribution in [3.63, 3.8) is 0 Å². The number of hydrogen-bond donors (Lipinski definition) is 3. The molecule has 45 heavy (non-hydrogen) atoms. The number of unbranched alkanes of at least 4 members (excludes halogenated alkanes) is 6. The molecule has 246 valence electrons. The maximum atomic E-state index is 14.6. The van der Waals surface area contributed by atoms with Gasteiger partial charge in [0.15, 0.2) is 0 Å². The van der Waals surface area contributed by atoms with Crippen LogP contribution in [0.1, 0.15) is 81.8 Å². The molecule has 0 radical (unpaired) electrons. The summed E-state index contributed by atoms with van der Waals surface area (Å²) in [5, 5.41) is 11.7. The Bertz CT molecular complexity index is 1360. The van der Waals surface area contributed by atoms with E-state index in [1.807, 2.05) is 62.4 Å². The van der Waals surface area contributed by atoms with Crippen molar-refractivity contribution < 1.29 is 32.2 Å². The number of hydrogen-bond acceptors (Lipinski definition) is 5. The number of rotatable bonds is 18. The van der Waals surface area contributed by atoms with E-state index in [1.165, 1.54) is 12.1 Å². The first-order valence-electron chi connectivity index (χ1n) is 15.4. The molecule has 2 atom stereocenters. The van der Waals surface area contributed by atoms with Crippen LogP contribution in [0.15, 0.2) is 60.7 Å². The number of nitrogens with one attached hydrogen (secondary N) is 1. The molecule has 0 aliphatic heterocycles. The van der Waals surface area contributed by atoms with Gasteiger partial charge in [-0.25, -0.2) is 9.40 Å². The van der Waals surface area contributed by atoms with Gasteiger partial charge in [0.1, 0.15) is 17.3 Å². The zero-order chi connectivity index (χ0) is 33.0. The fraction of sp³-hybridized carbons (Fsp3) is 0.457. The second-order valence-corrected chi connectivity index (χ2v) is 12.7. The van der Waals surface area contributed by atoms with Gasteiger partial charge in [-0.1, -0.05) is 57.2 Å². The monoisotopic (exact) mass is 648 g/mol. The molecule has 3 rings (SSSR count). The van der Waals surface area contributed by atoms with Gasteiger partial charge in [-0.05, 0) is 89.6 Å². The second-order valence-electron chi connectivity index (χ2n) is 11.8. The number of benzene rings is 3. The normalized spacial score (nSPS) is 13.1. The van der Waals surface area contributed by atoms with Crippen molar-refractivity contribution in [1.82, 2.24) is 5.01 Å². The van der Waals surface area contributed by atoms with Crippen LogP contribution in [0.3, 0.4) is 0 Å². The quantitative estimate of drug-likeness (QED) is 0.0555. The van der Waals surface area contributed by atoms with Crippen LogP contribution in [-0.2, 0) is 11.2 Å². The number of carboxylic acids is 1. The predicted octanol–water partition coefficient (Wildman–Crippen LogP) is 10.3. The average Bonchev–Trinajstić information content (AvgIpc) is 2.94. The van der Waals surface area contributed by atoms with E-state index in [0.29, 0.717) is 36.3 Å². The molecule has 0 aromatic heterocycles. The smallest absolute Gasteiger partial charge is 0.389 e. The molecule has 3 aromatic carbocycles. The first-order valence-corrected chi connectivity index (χ1v) is 15.9. The van der Waals surface area contributed by atoms with E-state index >= 15 is 0 Å². The molecule has 2 N–H and O–H groups in total. The Balaban J connectivity index is 1.73. The minimum Gasteiger partial charge on any atom is -0.481 e. The van der Waals surface area contributed by atoms with E-state index in [4.69, 9.17) is 4.74 Å². The van der Waals surface area contributed by atoms with Crippen LogP contribution in [0.25, 0.3) is 11.1 Å². The van der Waals surface area contributed by atoms with Crippen LogP contribution < -0.4 is 10.2 Å². The summed E-state index contributed by atoms with van der Waals surface area (Å²) < 4.78 is 57.6. The number of ether oxygens (including phenoxy) is 1. The Morgan fingerprint density at radius 3 is 2.11 bits per heavy atom. The van der Waals surface area contributed by atoms with Gasteiger partial charge in [0, 0.05) is 32.3 Å². The van der Waals surface area contributed by atoms with Crippen LogP contribution in [0, 0.1) is 5.82 Å². The minimum absolute atomic E-state index is 0.143. The average molecular weight is 649 g/mol. The summed E-state index contributed by atoms with van der Waals surface area (Å²) in [7, 11) is 3.78. The van der Waals surface area contributed by atoms with Gasteiger partial charge in [0.05, 0.1) is 5.92 Å². The Labute approximate surface area is 269 Å². The summed E-state index contributed by atoms with van der Waals surface area (Å²) in [4.78, 5) is 12.3. The Kier molecular flexibility index (Phi) is 14.1. The van der Waals surface area contributed by atoms with Crippen LogP contribution in [0.5, 0.6) is 11.5 Å². The zero-order valence-corrected chi connectivity index (χ0v) is 27.1. The molecule has 0 fully saturated rings. The third kappa shape index (κ3) is 13.3. The molecule has 2 unspecified atom stereocenters. The van der Waals surface area contributed by atoms with Gasteiger partial charge < -0.3 is 15.3 Å². The highest BCUT2D eigenvalue weighted by Gasteiger charge is 2.26. The predicted molar refractivity (Wildman–Crippen MR) is 176 cm³/mol. The summed E-state index contributed by atoms with van der Waals surface area (Å²) in [5.74, 6) is -1.48. The number of carboxylic acid groups (broad SMARTS) is 1. The lowest BCUT2D eigenvalue weighted by atomic mass is 9.91. The Hall–Kier alpha value is -3.24. The first kappa shape index (κ1) is 36.2. The fourth-order valence-electron chi connectivity index (χ4n) is 5.26. The van der Waals surface area contributed by atoms with Gasteiger partial charge in [-0.2, -0.15) is 25.8 Å². The molecule has 0 bridgehead atoms. The molecule has 3 aromatic rings. The van der Waals surface area contributed by atoms with E-state index in [-0.39, 0.29) is 11.7 Å². The van der Waals surface area contributed by atoms with Gasteiger partial charge >= 0.3 is 12.1 Å². The molecular formula is C35H44F4N2O3S. The standard InChI is InChI=1S/C35H44F4N2O3S/c1-24(45)17-33(34(42)43)28-20-27(26-12-14-30(15-13-26)40-41(2)3)21-32(22-28)44-31-19-25(18-29(36)23-31)11-9-7-5-4-6-8-10-16-35(37,38)39/h12-15,18-24,33,40,45H,4-11,16-17H2,1-3H3,(H,42,43). The lowest BCUT2D eigenvalue weighted by Gasteiger charge is -2.18. The number of hydrazine groups is 1. The summed E-state index contributed by atoms with van der Waals surface area (Å²) in [5.41, 5.74) is 7.08. The first-order chi connectivity index (χ1) is 21.3. The number of halogens is 4. The van der Waals surface area contributed by atoms with Gasteiger partial charge in [0.25, 0.3) is 0 Å². The van der Waals surface area contributed by atoms with Gasteiger partial charge in [0.2, 0.25) is 0 Å². The van der Waals surface area contributed by atoms with Crippen LogP contribution in [-0.4, -0.2) is 41.6 Å². The fourth-order valence-corrected chi connectivity index (χ4v) is 5.47. The van der Waals surface area contributed by atoms with E-state index < -0.39 is 30.3 Å². The van der Waals surface area contributed by atoms with E-state index in [0.717, 1.165) is 54.5 Å².